The van der Waals surface area contributed by atoms with E-state index in [9.17, 15) is 34.7 Å². The molecule has 3 aliphatic heterocycles. The van der Waals surface area contributed by atoms with Crippen molar-refractivity contribution >= 4 is 40.5 Å². The van der Waals surface area contributed by atoms with Gasteiger partial charge in [0, 0.05) is 42.3 Å². The number of hydrogen-bond acceptors (Lipinski definition) is 8. The van der Waals surface area contributed by atoms with Crippen LogP contribution >= 0.6 is 0 Å². The van der Waals surface area contributed by atoms with E-state index in [1.54, 1.807) is 65.3 Å². The fourth-order valence-corrected chi connectivity index (χ4v) is 7.20. The Morgan fingerprint density at radius 1 is 1.02 bits per heavy atom. The van der Waals surface area contributed by atoms with Crippen molar-refractivity contribution in [2.45, 2.75) is 44.5 Å². The van der Waals surface area contributed by atoms with Crippen LogP contribution in [0.2, 0.25) is 0 Å². The Balaban J connectivity index is 1.11. The van der Waals surface area contributed by atoms with Crippen LogP contribution in [0, 0.1) is 16.0 Å². The monoisotopic (exact) mass is 688 g/mol. The number of benzene rings is 4. The van der Waals surface area contributed by atoms with E-state index in [-0.39, 0.29) is 55.3 Å². The van der Waals surface area contributed by atoms with Crippen molar-refractivity contribution in [1.29, 1.82) is 0 Å². The number of amides is 3. The number of aliphatic hydroxyl groups is 2. The van der Waals surface area contributed by atoms with Gasteiger partial charge in [0.2, 0.25) is 5.91 Å². The number of ether oxygens (including phenoxy) is 1. The molecular weight excluding hydrogens is 652 g/mol. The van der Waals surface area contributed by atoms with E-state index in [2.05, 4.69) is 0 Å². The van der Waals surface area contributed by atoms with E-state index in [0.717, 1.165) is 11.1 Å². The van der Waals surface area contributed by atoms with Crippen LogP contribution in [0.4, 0.5) is 22.7 Å². The fraction of sp³-hybridized carbons (Fsp3) is 0.256. The topological polar surface area (TPSA) is 154 Å². The Kier molecular flexibility index (Phi) is 8.88. The third kappa shape index (κ3) is 6.02. The molecule has 3 aliphatic rings. The number of para-hydroxylation sites is 2. The molecule has 260 valence electrons. The number of fused-ring (bicyclic) bond motifs is 3. The Morgan fingerprint density at radius 3 is 2.49 bits per heavy atom. The molecular formula is C39H36N4O8. The van der Waals surface area contributed by atoms with E-state index < -0.39 is 22.3 Å². The summed E-state index contributed by atoms with van der Waals surface area (Å²) in [7, 11) is 0. The highest BCUT2D eigenvalue weighted by molar-refractivity contribution is 6.07. The number of rotatable bonds is 9. The minimum absolute atomic E-state index is 0.0265. The lowest BCUT2D eigenvalue weighted by atomic mass is 9.82. The molecule has 0 spiro atoms. The van der Waals surface area contributed by atoms with Crippen molar-refractivity contribution in [3.63, 3.8) is 0 Å². The van der Waals surface area contributed by atoms with Gasteiger partial charge in [0.05, 0.1) is 35.5 Å². The molecule has 2 N–H and O–H groups in total. The molecule has 3 heterocycles. The highest BCUT2D eigenvalue weighted by Gasteiger charge is 2.53. The third-order valence-corrected chi connectivity index (χ3v) is 9.97. The van der Waals surface area contributed by atoms with Gasteiger partial charge in [-0.05, 0) is 53.4 Å². The fourth-order valence-electron chi connectivity index (χ4n) is 7.20. The van der Waals surface area contributed by atoms with Gasteiger partial charge in [-0.2, -0.15) is 0 Å². The molecule has 4 aromatic carbocycles. The average Bonchev–Trinajstić information content (AvgIpc) is 3.36. The van der Waals surface area contributed by atoms with E-state index in [4.69, 9.17) is 4.74 Å². The van der Waals surface area contributed by atoms with Crippen molar-refractivity contribution in [1.82, 2.24) is 4.90 Å². The van der Waals surface area contributed by atoms with Crippen LogP contribution in [0.15, 0.2) is 103 Å². The minimum atomic E-state index is -2.15. The number of anilines is 3. The number of nitro groups is 1. The molecule has 3 amide bonds. The quantitative estimate of drug-likeness (QED) is 0.143. The van der Waals surface area contributed by atoms with Crippen LogP contribution in [-0.2, 0) is 39.5 Å². The largest absolute Gasteiger partial charge is 0.482 e. The first kappa shape index (κ1) is 33.6. The average molecular weight is 689 g/mol. The summed E-state index contributed by atoms with van der Waals surface area (Å²) in [5.74, 6) is -1.37. The zero-order valence-corrected chi connectivity index (χ0v) is 27.8. The first-order valence-corrected chi connectivity index (χ1v) is 16.7. The number of aliphatic hydroxyl groups excluding tert-OH is 1. The van der Waals surface area contributed by atoms with Crippen molar-refractivity contribution in [2.75, 3.05) is 23.0 Å². The number of non-ortho nitro benzene ring substituents is 1. The van der Waals surface area contributed by atoms with Crippen LogP contribution in [0.1, 0.15) is 35.6 Å². The van der Waals surface area contributed by atoms with Gasteiger partial charge in [-0.15, -0.1) is 0 Å². The van der Waals surface area contributed by atoms with E-state index >= 15 is 0 Å². The molecule has 0 bridgehead atoms. The molecule has 0 radical (unpaired) electrons. The van der Waals surface area contributed by atoms with Crippen LogP contribution < -0.4 is 14.5 Å². The number of carbonyl (C=O) groups is 3. The zero-order chi connectivity index (χ0) is 35.9. The van der Waals surface area contributed by atoms with Gasteiger partial charge in [-0.3, -0.25) is 29.4 Å². The summed E-state index contributed by atoms with van der Waals surface area (Å²) < 4.78 is 5.56. The lowest BCUT2D eigenvalue weighted by molar-refractivity contribution is -0.385. The number of carbonyl (C=O) groups excluding carboxylic acids is 3. The molecule has 0 aromatic heterocycles. The zero-order valence-electron chi connectivity index (χ0n) is 27.8. The third-order valence-electron chi connectivity index (χ3n) is 9.97. The van der Waals surface area contributed by atoms with Gasteiger partial charge in [0.15, 0.2) is 12.2 Å². The molecule has 12 nitrogen and oxygen atoms in total. The molecule has 7 rings (SSSR count). The van der Waals surface area contributed by atoms with Crippen molar-refractivity contribution in [3.8, 4) is 5.75 Å². The van der Waals surface area contributed by atoms with Gasteiger partial charge in [0.1, 0.15) is 5.75 Å². The maximum atomic E-state index is 14.2. The first-order valence-electron chi connectivity index (χ1n) is 16.7. The second-order valence-electron chi connectivity index (χ2n) is 13.0. The van der Waals surface area contributed by atoms with E-state index in [0.29, 0.717) is 41.3 Å². The van der Waals surface area contributed by atoms with Gasteiger partial charge in [-0.1, -0.05) is 67.6 Å². The Morgan fingerprint density at radius 2 is 1.75 bits per heavy atom. The highest BCUT2D eigenvalue weighted by Crippen LogP contribution is 2.47. The molecule has 0 aliphatic carbocycles. The van der Waals surface area contributed by atoms with Gasteiger partial charge < -0.3 is 24.7 Å². The lowest BCUT2D eigenvalue weighted by Crippen LogP contribution is -2.46. The summed E-state index contributed by atoms with van der Waals surface area (Å²) in [6.07, 6.45) is 3.69. The van der Waals surface area contributed by atoms with Crippen LogP contribution in [0.3, 0.4) is 0 Å². The molecule has 0 unspecified atom stereocenters. The number of hydrogen-bond donors (Lipinski definition) is 2. The van der Waals surface area contributed by atoms with Gasteiger partial charge in [-0.25, -0.2) is 0 Å². The number of nitro benzene ring substituents is 1. The summed E-state index contributed by atoms with van der Waals surface area (Å²) >= 11 is 0. The second kappa shape index (κ2) is 13.5. The maximum absolute atomic E-state index is 14.2. The van der Waals surface area contributed by atoms with Crippen molar-refractivity contribution in [2.24, 2.45) is 5.92 Å². The van der Waals surface area contributed by atoms with Crippen LogP contribution in [-0.4, -0.2) is 57.0 Å². The van der Waals surface area contributed by atoms with Gasteiger partial charge in [0.25, 0.3) is 17.5 Å². The first-order chi connectivity index (χ1) is 24.6. The smallest absolute Gasteiger partial charge is 0.269 e. The van der Waals surface area contributed by atoms with Crippen LogP contribution in [0.25, 0.3) is 0 Å². The normalized spacial score (nSPS) is 20.1. The predicted octanol–water partition coefficient (Wildman–Crippen LogP) is 4.91. The Bertz CT molecular complexity index is 2060. The molecule has 0 fully saturated rings. The minimum Gasteiger partial charge on any atom is -0.482 e. The highest BCUT2D eigenvalue weighted by atomic mass is 16.6. The van der Waals surface area contributed by atoms with Gasteiger partial charge >= 0.3 is 0 Å². The molecule has 4 aromatic rings. The summed E-state index contributed by atoms with van der Waals surface area (Å²) in [4.78, 5) is 56.1. The summed E-state index contributed by atoms with van der Waals surface area (Å²) in [6.45, 7) is 1.77. The standard InChI is InChI=1S/C39H36N4O8/c1-25(7-6-12-36(45)40-22-28-9-3-2-8-27(28)19-31(40)23-44)39(48)32-20-30(43(49)50)17-18-33(32)41(38(39)47)21-26-13-15-29(16-14-26)42-34-10-4-5-11-35(34)51-24-37(42)46/h2-11,13-18,20,25,31,44,48H,12,19,21-24H2,1H3/b7-6+/t25-,31-,39+/m0/s1. The molecule has 51 heavy (non-hydrogen) atoms. The summed E-state index contributed by atoms with van der Waals surface area (Å²) in [5.41, 5.74) is 2.07. The predicted molar refractivity (Wildman–Crippen MR) is 188 cm³/mol. The van der Waals surface area contributed by atoms with E-state index in [1.165, 1.54) is 23.1 Å². The molecule has 3 atom stereocenters. The molecule has 12 heteroatoms. The van der Waals surface area contributed by atoms with Crippen molar-refractivity contribution < 1.29 is 34.3 Å². The summed E-state index contributed by atoms with van der Waals surface area (Å²) in [6, 6.07) is 25.8. The van der Waals surface area contributed by atoms with Crippen LogP contribution in [0.5, 0.6) is 5.75 Å². The molecule has 0 saturated heterocycles. The maximum Gasteiger partial charge on any atom is 0.269 e. The second-order valence-corrected chi connectivity index (χ2v) is 13.0. The van der Waals surface area contributed by atoms with Crippen molar-refractivity contribution in [3.05, 3.63) is 136 Å². The van der Waals surface area contributed by atoms with E-state index in [1.807, 2.05) is 36.4 Å². The molecule has 0 saturated carbocycles. The SMILES string of the molecule is C[C@@H](/C=C/CC(=O)N1Cc2ccccc2C[C@H]1CO)[C@]1(O)C(=O)N(Cc2ccc(N3C(=O)COc4ccccc43)cc2)c2ccc([N+](=O)[O-])cc21. The lowest BCUT2D eigenvalue weighted by Gasteiger charge is -2.36. The summed E-state index contributed by atoms with van der Waals surface area (Å²) in [5, 5.41) is 33.9. The number of nitrogens with zero attached hydrogens (tertiary/aromatic N) is 4. The Hall–Kier alpha value is -5.85. The Labute approximate surface area is 293 Å².